The second-order valence-electron chi connectivity index (χ2n) is 5.79. The fraction of sp³-hybridized carbons (Fsp3) is 0.562. The van der Waals surface area contributed by atoms with Crippen molar-refractivity contribution in [2.75, 3.05) is 10.6 Å². The van der Waals surface area contributed by atoms with Crippen LogP contribution in [0, 0.1) is 0 Å². The van der Waals surface area contributed by atoms with E-state index in [-0.39, 0.29) is 0 Å². The summed E-state index contributed by atoms with van der Waals surface area (Å²) in [6.07, 6.45) is 7.56. The van der Waals surface area contributed by atoms with Crippen molar-refractivity contribution in [2.45, 2.75) is 57.5 Å². The lowest BCUT2D eigenvalue weighted by Crippen LogP contribution is -2.22. The third-order valence-corrected chi connectivity index (χ3v) is 4.02. The van der Waals surface area contributed by atoms with Gasteiger partial charge < -0.3 is 10.6 Å². The second-order valence-corrected chi connectivity index (χ2v) is 5.79. The minimum atomic E-state index is 0.429. The highest BCUT2D eigenvalue weighted by Crippen LogP contribution is 2.27. The molecular weight excluding hydrogens is 234 g/mol. The summed E-state index contributed by atoms with van der Waals surface area (Å²) in [5.41, 5.74) is 2.34. The first-order chi connectivity index (χ1) is 9.31. The van der Waals surface area contributed by atoms with E-state index >= 15 is 0 Å². The minimum absolute atomic E-state index is 0.429. The average Bonchev–Trinajstić information content (AvgIpc) is 2.57. The van der Waals surface area contributed by atoms with E-state index < -0.39 is 0 Å². The number of hydrogen-bond donors (Lipinski definition) is 2. The lowest BCUT2D eigenvalue weighted by molar-refractivity contribution is 0.442. The molecule has 1 fully saturated rings. The van der Waals surface area contributed by atoms with Gasteiger partial charge in [-0.05, 0) is 31.9 Å². The fourth-order valence-corrected chi connectivity index (χ4v) is 3.05. The van der Waals surface area contributed by atoms with Crippen LogP contribution in [0.15, 0.2) is 29.3 Å². The number of fused-ring (bicyclic) bond motifs is 1. The van der Waals surface area contributed by atoms with Crippen LogP contribution < -0.4 is 10.6 Å². The zero-order chi connectivity index (χ0) is 13.1. The van der Waals surface area contributed by atoms with Gasteiger partial charge in [0.2, 0.25) is 0 Å². The predicted octanol–water partition coefficient (Wildman–Crippen LogP) is 4.03. The SMILES string of the molecule is C[C@@H]1CC(=NC2CCCCC2)Nc2ccccc2N1. The molecular formula is C16H23N3. The first kappa shape index (κ1) is 12.5. The summed E-state index contributed by atoms with van der Waals surface area (Å²) in [4.78, 5) is 4.97. The third-order valence-electron chi connectivity index (χ3n) is 4.02. The quantitative estimate of drug-likeness (QED) is 0.796. The van der Waals surface area contributed by atoms with Crippen molar-refractivity contribution in [3.63, 3.8) is 0 Å². The van der Waals surface area contributed by atoms with Crippen LogP contribution in [0.5, 0.6) is 0 Å². The molecule has 0 unspecified atom stereocenters. The molecule has 19 heavy (non-hydrogen) atoms. The molecule has 3 heteroatoms. The molecule has 0 amide bonds. The molecule has 1 aliphatic carbocycles. The number of anilines is 2. The van der Waals surface area contributed by atoms with Gasteiger partial charge in [0, 0.05) is 12.5 Å². The molecule has 1 aromatic rings. The normalized spacial score (nSPS) is 26.2. The Morgan fingerprint density at radius 1 is 1.05 bits per heavy atom. The van der Waals surface area contributed by atoms with Gasteiger partial charge in [0.1, 0.15) is 5.84 Å². The largest absolute Gasteiger partial charge is 0.380 e. The average molecular weight is 257 g/mol. The Morgan fingerprint density at radius 3 is 2.58 bits per heavy atom. The zero-order valence-electron chi connectivity index (χ0n) is 11.7. The molecule has 3 rings (SSSR count). The number of para-hydroxylation sites is 2. The number of benzene rings is 1. The van der Waals surface area contributed by atoms with Crippen LogP contribution in [0.3, 0.4) is 0 Å². The van der Waals surface area contributed by atoms with Gasteiger partial charge in [0.05, 0.1) is 17.4 Å². The summed E-state index contributed by atoms with van der Waals surface area (Å²) in [5.74, 6) is 1.15. The van der Waals surface area contributed by atoms with E-state index in [1.54, 1.807) is 0 Å². The molecule has 0 saturated heterocycles. The molecule has 2 N–H and O–H groups in total. The van der Waals surface area contributed by atoms with E-state index in [1.807, 2.05) is 0 Å². The maximum absolute atomic E-state index is 4.97. The molecule has 1 aromatic carbocycles. The number of amidine groups is 1. The molecule has 1 atom stereocenters. The number of hydrogen-bond acceptors (Lipinski definition) is 2. The third kappa shape index (κ3) is 3.09. The zero-order valence-corrected chi connectivity index (χ0v) is 11.7. The van der Waals surface area contributed by atoms with Gasteiger partial charge in [-0.2, -0.15) is 0 Å². The molecule has 102 valence electrons. The number of rotatable bonds is 1. The van der Waals surface area contributed by atoms with Gasteiger partial charge in [-0.1, -0.05) is 31.4 Å². The lowest BCUT2D eigenvalue weighted by Gasteiger charge is -2.19. The Hall–Kier alpha value is -1.51. The maximum Gasteiger partial charge on any atom is 0.103 e. The first-order valence-corrected chi connectivity index (χ1v) is 7.50. The lowest BCUT2D eigenvalue weighted by atomic mass is 9.96. The van der Waals surface area contributed by atoms with Crippen molar-refractivity contribution < 1.29 is 0 Å². The Morgan fingerprint density at radius 2 is 1.79 bits per heavy atom. The maximum atomic E-state index is 4.97. The highest BCUT2D eigenvalue weighted by atomic mass is 15.1. The summed E-state index contributed by atoms with van der Waals surface area (Å²) in [6.45, 7) is 2.22. The van der Waals surface area contributed by atoms with Gasteiger partial charge in [-0.3, -0.25) is 4.99 Å². The van der Waals surface area contributed by atoms with E-state index in [9.17, 15) is 0 Å². The van der Waals surface area contributed by atoms with Gasteiger partial charge >= 0.3 is 0 Å². The smallest absolute Gasteiger partial charge is 0.103 e. The van der Waals surface area contributed by atoms with Crippen LogP contribution in [0.2, 0.25) is 0 Å². The van der Waals surface area contributed by atoms with Crippen LogP contribution in [0.1, 0.15) is 45.4 Å². The second kappa shape index (κ2) is 5.64. The summed E-state index contributed by atoms with van der Waals surface area (Å²) < 4.78 is 0. The van der Waals surface area contributed by atoms with Crippen molar-refractivity contribution in [2.24, 2.45) is 4.99 Å². The minimum Gasteiger partial charge on any atom is -0.380 e. The van der Waals surface area contributed by atoms with Crippen LogP contribution in [0.25, 0.3) is 0 Å². The van der Waals surface area contributed by atoms with Gasteiger partial charge in [-0.15, -0.1) is 0 Å². The summed E-state index contributed by atoms with van der Waals surface area (Å²) in [6, 6.07) is 9.36. The molecule has 1 aliphatic heterocycles. The van der Waals surface area contributed by atoms with Crippen molar-refractivity contribution in [3.8, 4) is 0 Å². The number of nitrogens with one attached hydrogen (secondary N) is 2. The Kier molecular flexibility index (Phi) is 3.72. The van der Waals surface area contributed by atoms with E-state index in [4.69, 9.17) is 4.99 Å². The molecule has 0 spiro atoms. The van der Waals surface area contributed by atoms with E-state index in [2.05, 4.69) is 41.8 Å². The van der Waals surface area contributed by atoms with Crippen molar-refractivity contribution in [1.29, 1.82) is 0 Å². The fourth-order valence-electron chi connectivity index (χ4n) is 3.05. The predicted molar refractivity (Wildman–Crippen MR) is 82.1 cm³/mol. The Bertz CT molecular complexity index is 461. The Balaban J connectivity index is 1.80. The molecule has 0 aromatic heterocycles. The molecule has 2 aliphatic rings. The standard InChI is InChI=1S/C16H23N3/c1-12-11-16(18-13-7-3-2-4-8-13)19-15-10-6-5-9-14(15)17-12/h5-6,9-10,12-13,17H,2-4,7-8,11H2,1H3,(H,18,19)/t12-/m1/s1. The van der Waals surface area contributed by atoms with Gasteiger partial charge in [-0.25, -0.2) is 0 Å². The summed E-state index contributed by atoms with van der Waals surface area (Å²) >= 11 is 0. The van der Waals surface area contributed by atoms with E-state index in [0.717, 1.165) is 17.9 Å². The monoisotopic (exact) mass is 257 g/mol. The van der Waals surface area contributed by atoms with Crippen molar-refractivity contribution in [1.82, 2.24) is 0 Å². The van der Waals surface area contributed by atoms with Crippen molar-refractivity contribution >= 4 is 17.2 Å². The molecule has 0 radical (unpaired) electrons. The van der Waals surface area contributed by atoms with Gasteiger partial charge in [0.25, 0.3) is 0 Å². The summed E-state index contributed by atoms with van der Waals surface area (Å²) in [7, 11) is 0. The van der Waals surface area contributed by atoms with Gasteiger partial charge in [0.15, 0.2) is 0 Å². The van der Waals surface area contributed by atoms with Crippen LogP contribution in [-0.2, 0) is 0 Å². The molecule has 3 nitrogen and oxygen atoms in total. The number of nitrogens with zero attached hydrogens (tertiary/aromatic N) is 1. The molecule has 0 bridgehead atoms. The van der Waals surface area contributed by atoms with E-state index in [1.165, 1.54) is 37.8 Å². The van der Waals surface area contributed by atoms with Crippen LogP contribution in [0.4, 0.5) is 11.4 Å². The highest BCUT2D eigenvalue weighted by Gasteiger charge is 2.18. The summed E-state index contributed by atoms with van der Waals surface area (Å²) in [5, 5.41) is 7.07. The molecule has 1 saturated carbocycles. The van der Waals surface area contributed by atoms with Crippen molar-refractivity contribution in [3.05, 3.63) is 24.3 Å². The number of aliphatic imine (C=N–C) groups is 1. The Labute approximate surface area is 115 Å². The van der Waals surface area contributed by atoms with E-state index in [0.29, 0.717) is 12.1 Å². The highest BCUT2D eigenvalue weighted by molar-refractivity contribution is 6.00. The topological polar surface area (TPSA) is 36.4 Å². The first-order valence-electron chi connectivity index (χ1n) is 7.50. The van der Waals surface area contributed by atoms with Crippen LogP contribution in [-0.4, -0.2) is 17.9 Å². The molecule has 1 heterocycles. The van der Waals surface area contributed by atoms with Crippen LogP contribution >= 0.6 is 0 Å².